The fourth-order valence-corrected chi connectivity index (χ4v) is 3.12. The lowest BCUT2D eigenvalue weighted by Gasteiger charge is -2.07. The van der Waals surface area contributed by atoms with Gasteiger partial charge in [-0.05, 0) is 40.2 Å². The summed E-state index contributed by atoms with van der Waals surface area (Å²) in [7, 11) is 1.42. The summed E-state index contributed by atoms with van der Waals surface area (Å²) in [6.45, 7) is 0. The first kappa shape index (κ1) is 13.2. The Labute approximate surface area is 117 Å². The molecule has 0 aliphatic rings. The van der Waals surface area contributed by atoms with Gasteiger partial charge >= 0.3 is 0 Å². The second kappa shape index (κ2) is 5.63. The number of rotatable bonds is 4. The highest BCUT2D eigenvalue weighted by Crippen LogP contribution is 2.26. The van der Waals surface area contributed by atoms with Gasteiger partial charge in [0, 0.05) is 11.3 Å². The third kappa shape index (κ3) is 2.79. The van der Waals surface area contributed by atoms with Gasteiger partial charge in [0.05, 0.1) is 16.5 Å². The summed E-state index contributed by atoms with van der Waals surface area (Å²) in [5.74, 6) is -0.551. The Morgan fingerprint density at radius 1 is 1.39 bits per heavy atom. The number of hydrogen-bond acceptors (Lipinski definition) is 3. The van der Waals surface area contributed by atoms with Gasteiger partial charge in [-0.2, -0.15) is 0 Å². The van der Waals surface area contributed by atoms with Crippen molar-refractivity contribution in [1.82, 2.24) is 0 Å². The zero-order valence-corrected chi connectivity index (χ0v) is 12.0. The first-order valence-corrected chi connectivity index (χ1v) is 6.82. The SMILES string of the molecule is COc1cccc(F)c1C(=O)Cc1ccc(Br)s1. The predicted molar refractivity (Wildman–Crippen MR) is 73.0 cm³/mol. The molecule has 0 spiro atoms. The van der Waals surface area contributed by atoms with Crippen LogP contribution >= 0.6 is 27.3 Å². The lowest BCUT2D eigenvalue weighted by atomic mass is 10.1. The van der Waals surface area contributed by atoms with Gasteiger partial charge in [-0.1, -0.05) is 6.07 Å². The summed E-state index contributed by atoms with van der Waals surface area (Å²) in [5.41, 5.74) is 0.0181. The predicted octanol–water partition coefficient (Wildman–Crippen LogP) is 4.08. The summed E-state index contributed by atoms with van der Waals surface area (Å²) in [6, 6.07) is 8.08. The second-order valence-electron chi connectivity index (χ2n) is 3.62. The van der Waals surface area contributed by atoms with Crippen LogP contribution in [0.2, 0.25) is 0 Å². The fraction of sp³-hybridized carbons (Fsp3) is 0.154. The van der Waals surface area contributed by atoms with Gasteiger partial charge in [0.1, 0.15) is 11.6 Å². The van der Waals surface area contributed by atoms with E-state index in [1.807, 2.05) is 12.1 Å². The van der Waals surface area contributed by atoms with Gasteiger partial charge in [-0.15, -0.1) is 11.3 Å². The molecule has 1 heterocycles. The fourth-order valence-electron chi connectivity index (χ4n) is 1.64. The Morgan fingerprint density at radius 2 is 2.17 bits per heavy atom. The number of ketones is 1. The smallest absolute Gasteiger partial charge is 0.174 e. The van der Waals surface area contributed by atoms with E-state index in [2.05, 4.69) is 15.9 Å². The number of benzene rings is 1. The molecule has 2 rings (SSSR count). The van der Waals surface area contributed by atoms with E-state index in [9.17, 15) is 9.18 Å². The molecule has 0 unspecified atom stereocenters. The minimum Gasteiger partial charge on any atom is -0.496 e. The van der Waals surface area contributed by atoms with E-state index in [-0.39, 0.29) is 23.5 Å². The zero-order valence-electron chi connectivity index (χ0n) is 9.57. The minimum atomic E-state index is -0.546. The van der Waals surface area contributed by atoms with Crippen LogP contribution in [0, 0.1) is 5.82 Å². The Kier molecular flexibility index (Phi) is 4.14. The molecular weight excluding hydrogens is 319 g/mol. The lowest BCUT2D eigenvalue weighted by Crippen LogP contribution is -2.07. The number of carbonyl (C=O) groups is 1. The summed E-state index contributed by atoms with van der Waals surface area (Å²) in [4.78, 5) is 13.0. The average Bonchev–Trinajstić information content (AvgIpc) is 2.74. The average molecular weight is 329 g/mol. The minimum absolute atomic E-state index is 0.0181. The van der Waals surface area contributed by atoms with Crippen LogP contribution in [0.3, 0.4) is 0 Å². The van der Waals surface area contributed by atoms with Gasteiger partial charge in [-0.3, -0.25) is 4.79 Å². The first-order chi connectivity index (χ1) is 8.61. The summed E-state index contributed by atoms with van der Waals surface area (Å²) >= 11 is 4.79. The van der Waals surface area contributed by atoms with Gasteiger partial charge in [0.25, 0.3) is 0 Å². The van der Waals surface area contributed by atoms with E-state index in [0.29, 0.717) is 0 Å². The molecule has 0 aliphatic heterocycles. The topological polar surface area (TPSA) is 26.3 Å². The van der Waals surface area contributed by atoms with Crippen LogP contribution in [-0.2, 0) is 6.42 Å². The van der Waals surface area contributed by atoms with E-state index < -0.39 is 5.82 Å². The van der Waals surface area contributed by atoms with Crippen LogP contribution in [0.4, 0.5) is 4.39 Å². The third-order valence-corrected chi connectivity index (χ3v) is 4.06. The number of hydrogen-bond donors (Lipinski definition) is 0. The molecule has 5 heteroatoms. The van der Waals surface area contributed by atoms with Crippen molar-refractivity contribution < 1.29 is 13.9 Å². The molecular formula is C13H10BrFO2S. The maximum Gasteiger partial charge on any atom is 0.174 e. The van der Waals surface area contributed by atoms with Crippen molar-refractivity contribution in [3.05, 3.63) is 50.4 Å². The summed E-state index contributed by atoms with van der Waals surface area (Å²) in [5, 5.41) is 0. The second-order valence-corrected chi connectivity index (χ2v) is 6.17. The molecule has 0 amide bonds. The number of ether oxygens (including phenoxy) is 1. The largest absolute Gasteiger partial charge is 0.496 e. The van der Waals surface area contributed by atoms with Crippen molar-refractivity contribution in [2.75, 3.05) is 7.11 Å². The van der Waals surface area contributed by atoms with Gasteiger partial charge in [0.15, 0.2) is 5.78 Å². The number of Topliss-reactive ketones (excluding diaryl/α,β-unsaturated/α-hetero) is 1. The van der Waals surface area contributed by atoms with Crippen LogP contribution in [-0.4, -0.2) is 12.9 Å². The highest BCUT2D eigenvalue weighted by Gasteiger charge is 2.18. The molecule has 1 aromatic heterocycles. The van der Waals surface area contributed by atoms with E-state index in [1.165, 1.54) is 30.6 Å². The molecule has 0 fully saturated rings. The van der Waals surface area contributed by atoms with Crippen LogP contribution in [0.15, 0.2) is 34.1 Å². The number of carbonyl (C=O) groups excluding carboxylic acids is 1. The third-order valence-electron chi connectivity index (χ3n) is 2.44. The van der Waals surface area contributed by atoms with Gasteiger partial charge < -0.3 is 4.74 Å². The molecule has 0 saturated heterocycles. The molecule has 0 atom stereocenters. The zero-order chi connectivity index (χ0) is 13.1. The number of methoxy groups -OCH3 is 1. The van der Waals surface area contributed by atoms with E-state index in [1.54, 1.807) is 6.07 Å². The lowest BCUT2D eigenvalue weighted by molar-refractivity contribution is 0.0987. The van der Waals surface area contributed by atoms with Crippen molar-refractivity contribution >= 4 is 33.0 Å². The van der Waals surface area contributed by atoms with Gasteiger partial charge in [-0.25, -0.2) is 4.39 Å². The van der Waals surface area contributed by atoms with Crippen molar-refractivity contribution in [2.45, 2.75) is 6.42 Å². The molecule has 0 N–H and O–H groups in total. The highest BCUT2D eigenvalue weighted by atomic mass is 79.9. The van der Waals surface area contributed by atoms with Crippen LogP contribution < -0.4 is 4.74 Å². The number of halogens is 2. The van der Waals surface area contributed by atoms with Crippen molar-refractivity contribution in [3.63, 3.8) is 0 Å². The monoisotopic (exact) mass is 328 g/mol. The standard InChI is InChI=1S/C13H10BrFO2S/c1-17-11-4-2-3-9(15)13(11)10(16)7-8-5-6-12(14)18-8/h2-6H,7H2,1H3. The van der Waals surface area contributed by atoms with Crippen molar-refractivity contribution in [1.29, 1.82) is 0 Å². The van der Waals surface area contributed by atoms with E-state index in [0.717, 1.165) is 8.66 Å². The van der Waals surface area contributed by atoms with Gasteiger partial charge in [0.2, 0.25) is 0 Å². The van der Waals surface area contributed by atoms with Crippen LogP contribution in [0.25, 0.3) is 0 Å². The summed E-state index contributed by atoms with van der Waals surface area (Å²) < 4.78 is 19.7. The first-order valence-electron chi connectivity index (χ1n) is 5.21. The Bertz CT molecular complexity index is 580. The molecule has 0 radical (unpaired) electrons. The molecule has 2 nitrogen and oxygen atoms in total. The maximum absolute atomic E-state index is 13.7. The molecule has 0 saturated carbocycles. The molecule has 94 valence electrons. The van der Waals surface area contributed by atoms with E-state index >= 15 is 0 Å². The van der Waals surface area contributed by atoms with Crippen LogP contribution in [0.1, 0.15) is 15.2 Å². The van der Waals surface area contributed by atoms with Crippen molar-refractivity contribution in [2.24, 2.45) is 0 Å². The number of thiophene rings is 1. The molecule has 18 heavy (non-hydrogen) atoms. The normalized spacial score (nSPS) is 10.4. The van der Waals surface area contributed by atoms with Crippen LogP contribution in [0.5, 0.6) is 5.75 Å². The quantitative estimate of drug-likeness (QED) is 0.790. The maximum atomic E-state index is 13.7. The molecule has 1 aromatic carbocycles. The molecule has 0 aliphatic carbocycles. The summed E-state index contributed by atoms with van der Waals surface area (Å²) in [6.07, 6.45) is 0.174. The molecule has 0 bridgehead atoms. The Balaban J connectivity index is 2.28. The molecule has 2 aromatic rings. The van der Waals surface area contributed by atoms with E-state index in [4.69, 9.17) is 4.74 Å². The van der Waals surface area contributed by atoms with Crippen molar-refractivity contribution in [3.8, 4) is 5.75 Å². The Hall–Kier alpha value is -1.20. The highest BCUT2D eigenvalue weighted by molar-refractivity contribution is 9.11. The Morgan fingerprint density at radius 3 is 2.78 bits per heavy atom.